The fraction of sp³-hybridized carbons (Fsp3) is 1.00. The third-order valence-electron chi connectivity index (χ3n) is 3.24. The molecule has 0 aliphatic heterocycles. The maximum Gasteiger partial charge on any atom is 0.417 e. The van der Waals surface area contributed by atoms with Gasteiger partial charge in [-0.15, -0.1) is 0 Å². The molecule has 1 fully saturated rings. The lowest BCUT2D eigenvalue weighted by molar-refractivity contribution is -0.259. The molecule has 2 atom stereocenters. The smallest absolute Gasteiger partial charge is 0.380 e. The Bertz CT molecular complexity index is 214. The van der Waals surface area contributed by atoms with Crippen molar-refractivity contribution in [1.29, 1.82) is 0 Å². The molecule has 1 aliphatic rings. The van der Waals surface area contributed by atoms with Crippen LogP contribution in [0.5, 0.6) is 0 Å². The van der Waals surface area contributed by atoms with Crippen molar-refractivity contribution >= 4 is 0 Å². The lowest BCUT2D eigenvalue weighted by atomic mass is 9.82. The summed E-state index contributed by atoms with van der Waals surface area (Å²) >= 11 is 0. The topological polar surface area (TPSA) is 20.2 Å². The molecule has 0 radical (unpaired) electrons. The molecule has 84 valence electrons. The molecule has 0 heterocycles. The molecule has 1 nitrogen and oxygen atoms in total. The minimum atomic E-state index is -4.47. The molecule has 1 N–H and O–H groups in total. The normalized spacial score (nSPS) is 39.0. The van der Waals surface area contributed by atoms with Gasteiger partial charge in [-0.3, -0.25) is 0 Å². The summed E-state index contributed by atoms with van der Waals surface area (Å²) in [5.74, 6) is 0. The Kier molecular flexibility index (Phi) is 2.87. The number of aliphatic hydroxyl groups is 1. The lowest BCUT2D eigenvalue weighted by Gasteiger charge is -2.29. The highest BCUT2D eigenvalue weighted by Crippen LogP contribution is 2.52. The molecular weight excluding hydrogens is 193 g/mol. The van der Waals surface area contributed by atoms with Crippen molar-refractivity contribution in [3.63, 3.8) is 0 Å². The van der Waals surface area contributed by atoms with E-state index in [-0.39, 0.29) is 18.3 Å². The van der Waals surface area contributed by atoms with E-state index in [1.807, 2.05) is 13.8 Å². The van der Waals surface area contributed by atoms with Crippen LogP contribution in [0.3, 0.4) is 0 Å². The molecule has 14 heavy (non-hydrogen) atoms. The Labute approximate surface area is 82.3 Å². The summed E-state index contributed by atoms with van der Waals surface area (Å²) in [6.07, 6.45) is -2.67. The number of alkyl halides is 3. The van der Waals surface area contributed by atoms with E-state index in [0.29, 0.717) is 6.42 Å². The fourth-order valence-corrected chi connectivity index (χ4v) is 2.45. The van der Waals surface area contributed by atoms with Gasteiger partial charge in [-0.05, 0) is 31.1 Å². The zero-order chi connectivity index (χ0) is 11.0. The summed E-state index contributed by atoms with van der Waals surface area (Å²) < 4.78 is 37.4. The van der Waals surface area contributed by atoms with Crippen molar-refractivity contribution in [3.8, 4) is 0 Å². The van der Waals surface area contributed by atoms with E-state index >= 15 is 0 Å². The highest BCUT2D eigenvalue weighted by molar-refractivity contribution is 4.99. The van der Waals surface area contributed by atoms with E-state index < -0.39 is 11.8 Å². The van der Waals surface area contributed by atoms with Crippen molar-refractivity contribution in [1.82, 2.24) is 0 Å². The average molecular weight is 210 g/mol. The Morgan fingerprint density at radius 3 is 2.21 bits per heavy atom. The van der Waals surface area contributed by atoms with E-state index in [4.69, 9.17) is 0 Å². The largest absolute Gasteiger partial charge is 0.417 e. The standard InChI is InChI=1S/C10H17F3O/c1-3-4-8(2)5-6-9(14,7-8)10(11,12)13/h14H,3-7H2,1-2H3. The first-order valence-electron chi connectivity index (χ1n) is 5.02. The molecule has 0 aromatic heterocycles. The Balaban J connectivity index is 2.73. The van der Waals surface area contributed by atoms with Gasteiger partial charge in [0.1, 0.15) is 0 Å². The van der Waals surface area contributed by atoms with E-state index in [9.17, 15) is 18.3 Å². The number of hydrogen-bond donors (Lipinski definition) is 1. The first-order valence-corrected chi connectivity index (χ1v) is 5.02. The van der Waals surface area contributed by atoms with Gasteiger partial charge in [0.15, 0.2) is 5.60 Å². The Morgan fingerprint density at radius 2 is 1.86 bits per heavy atom. The quantitative estimate of drug-likeness (QED) is 0.741. The van der Waals surface area contributed by atoms with E-state index in [1.54, 1.807) is 0 Å². The maximum absolute atomic E-state index is 12.5. The van der Waals surface area contributed by atoms with Gasteiger partial charge < -0.3 is 5.11 Å². The van der Waals surface area contributed by atoms with Crippen LogP contribution >= 0.6 is 0 Å². The van der Waals surface area contributed by atoms with Crippen LogP contribution in [-0.2, 0) is 0 Å². The molecule has 4 heteroatoms. The van der Waals surface area contributed by atoms with Gasteiger partial charge in [-0.2, -0.15) is 13.2 Å². The van der Waals surface area contributed by atoms with Crippen LogP contribution < -0.4 is 0 Å². The minimum absolute atomic E-state index is 0.142. The maximum atomic E-state index is 12.5. The van der Waals surface area contributed by atoms with Gasteiger partial charge in [-0.25, -0.2) is 0 Å². The highest BCUT2D eigenvalue weighted by atomic mass is 19.4. The van der Waals surface area contributed by atoms with Crippen LogP contribution in [0.15, 0.2) is 0 Å². The molecule has 0 amide bonds. The van der Waals surface area contributed by atoms with Crippen molar-refractivity contribution < 1.29 is 18.3 Å². The second-order valence-electron chi connectivity index (χ2n) is 4.77. The molecule has 0 saturated heterocycles. The van der Waals surface area contributed by atoms with Crippen molar-refractivity contribution in [2.24, 2.45) is 5.41 Å². The van der Waals surface area contributed by atoms with Gasteiger partial charge >= 0.3 is 6.18 Å². The lowest BCUT2D eigenvalue weighted by Crippen LogP contribution is -2.43. The van der Waals surface area contributed by atoms with Crippen LogP contribution in [0.2, 0.25) is 0 Å². The summed E-state index contributed by atoms with van der Waals surface area (Å²) in [4.78, 5) is 0. The van der Waals surface area contributed by atoms with E-state index in [0.717, 1.165) is 12.8 Å². The van der Waals surface area contributed by atoms with E-state index in [1.165, 1.54) is 0 Å². The minimum Gasteiger partial charge on any atom is -0.380 e. The third-order valence-corrected chi connectivity index (χ3v) is 3.24. The van der Waals surface area contributed by atoms with Crippen LogP contribution in [0.4, 0.5) is 13.2 Å². The summed E-state index contributed by atoms with van der Waals surface area (Å²) in [5.41, 5.74) is -2.77. The molecule has 1 saturated carbocycles. The second-order valence-corrected chi connectivity index (χ2v) is 4.77. The van der Waals surface area contributed by atoms with Crippen LogP contribution in [-0.4, -0.2) is 16.9 Å². The predicted octanol–water partition coefficient (Wildman–Crippen LogP) is 3.27. The van der Waals surface area contributed by atoms with Gasteiger partial charge in [0.05, 0.1) is 0 Å². The first-order chi connectivity index (χ1) is 6.22. The van der Waals surface area contributed by atoms with Gasteiger partial charge in [-0.1, -0.05) is 20.3 Å². The zero-order valence-corrected chi connectivity index (χ0v) is 8.62. The van der Waals surface area contributed by atoms with Gasteiger partial charge in [0.25, 0.3) is 0 Å². The molecule has 1 aliphatic carbocycles. The van der Waals surface area contributed by atoms with Gasteiger partial charge in [0, 0.05) is 0 Å². The average Bonchev–Trinajstić information content (AvgIpc) is 2.28. The highest BCUT2D eigenvalue weighted by Gasteiger charge is 2.59. The molecule has 0 spiro atoms. The monoisotopic (exact) mass is 210 g/mol. The van der Waals surface area contributed by atoms with Crippen LogP contribution in [0, 0.1) is 5.41 Å². The molecule has 0 bridgehead atoms. The third kappa shape index (κ3) is 2.05. The molecule has 0 aromatic rings. The number of halogens is 3. The fourth-order valence-electron chi connectivity index (χ4n) is 2.45. The molecule has 2 unspecified atom stereocenters. The summed E-state index contributed by atoms with van der Waals surface area (Å²) in [7, 11) is 0. The second kappa shape index (κ2) is 3.40. The van der Waals surface area contributed by atoms with Crippen molar-refractivity contribution in [3.05, 3.63) is 0 Å². The SMILES string of the molecule is CCCC1(C)CCC(O)(C(F)(F)F)C1. The molecule has 0 aromatic carbocycles. The number of hydrogen-bond acceptors (Lipinski definition) is 1. The van der Waals surface area contributed by atoms with E-state index in [2.05, 4.69) is 0 Å². The van der Waals surface area contributed by atoms with Crippen molar-refractivity contribution in [2.45, 2.75) is 57.7 Å². The summed E-state index contributed by atoms with van der Waals surface area (Å²) in [6, 6.07) is 0. The first kappa shape index (κ1) is 11.8. The van der Waals surface area contributed by atoms with Gasteiger partial charge in [0.2, 0.25) is 0 Å². The Hall–Kier alpha value is -0.250. The van der Waals surface area contributed by atoms with Crippen molar-refractivity contribution in [2.75, 3.05) is 0 Å². The predicted molar refractivity (Wildman–Crippen MR) is 47.9 cm³/mol. The van der Waals surface area contributed by atoms with Crippen LogP contribution in [0.25, 0.3) is 0 Å². The molecular formula is C10H17F3O. The van der Waals surface area contributed by atoms with Crippen LogP contribution in [0.1, 0.15) is 46.0 Å². The summed E-state index contributed by atoms with van der Waals surface area (Å²) in [5, 5.41) is 9.47. The Morgan fingerprint density at radius 1 is 1.29 bits per heavy atom. The number of rotatable bonds is 2. The zero-order valence-electron chi connectivity index (χ0n) is 8.62. The summed E-state index contributed by atoms with van der Waals surface area (Å²) in [6.45, 7) is 3.79. The molecule has 1 rings (SSSR count).